The summed E-state index contributed by atoms with van der Waals surface area (Å²) in [6.07, 6.45) is 0. The van der Waals surface area contributed by atoms with E-state index in [-0.39, 0.29) is 5.97 Å². The monoisotopic (exact) mass is 206 g/mol. The minimum atomic E-state index is -0.343. The third-order valence-electron chi connectivity index (χ3n) is 0.792. The SMILES string of the molecule is O=C(OBr)c1cccs1. The van der Waals surface area contributed by atoms with Gasteiger partial charge in [-0.2, -0.15) is 0 Å². The number of rotatable bonds is 1. The van der Waals surface area contributed by atoms with E-state index in [0.717, 1.165) is 0 Å². The quantitative estimate of drug-likeness (QED) is 0.705. The molecule has 9 heavy (non-hydrogen) atoms. The zero-order chi connectivity index (χ0) is 6.69. The molecule has 0 N–H and O–H groups in total. The van der Waals surface area contributed by atoms with E-state index in [1.807, 2.05) is 5.38 Å². The number of halogens is 1. The third-order valence-corrected chi connectivity index (χ3v) is 1.94. The van der Waals surface area contributed by atoms with Crippen molar-refractivity contribution in [2.75, 3.05) is 0 Å². The predicted octanol–water partition coefficient (Wildman–Crippen LogP) is 2.21. The molecular weight excluding hydrogens is 204 g/mol. The summed E-state index contributed by atoms with van der Waals surface area (Å²) >= 11 is 3.94. The molecule has 48 valence electrons. The topological polar surface area (TPSA) is 26.3 Å². The lowest BCUT2D eigenvalue weighted by atomic mass is 10.5. The van der Waals surface area contributed by atoms with E-state index in [4.69, 9.17) is 0 Å². The zero-order valence-corrected chi connectivity index (χ0v) is 6.74. The molecule has 0 radical (unpaired) electrons. The van der Waals surface area contributed by atoms with Crippen LogP contribution in [-0.4, -0.2) is 5.97 Å². The summed E-state index contributed by atoms with van der Waals surface area (Å²) < 4.78 is 4.28. The molecule has 0 aliphatic carbocycles. The highest BCUT2D eigenvalue weighted by Gasteiger charge is 2.04. The van der Waals surface area contributed by atoms with Crippen molar-refractivity contribution in [3.05, 3.63) is 22.4 Å². The Kier molecular flexibility index (Phi) is 2.24. The van der Waals surface area contributed by atoms with E-state index in [1.165, 1.54) is 11.3 Å². The van der Waals surface area contributed by atoms with Crippen molar-refractivity contribution in [3.63, 3.8) is 0 Å². The molecule has 0 bridgehead atoms. The number of hydrogen-bond donors (Lipinski definition) is 0. The van der Waals surface area contributed by atoms with Crippen molar-refractivity contribution < 1.29 is 8.62 Å². The molecule has 0 saturated heterocycles. The Hall–Kier alpha value is -0.350. The highest BCUT2D eigenvalue weighted by Crippen LogP contribution is 2.10. The predicted molar refractivity (Wildman–Crippen MR) is 38.7 cm³/mol. The van der Waals surface area contributed by atoms with Gasteiger partial charge in [-0.05, 0) is 11.4 Å². The largest absolute Gasteiger partial charge is 0.379 e. The molecule has 0 unspecified atom stereocenters. The minimum absolute atomic E-state index is 0.343. The summed E-state index contributed by atoms with van der Waals surface area (Å²) in [4.78, 5) is 11.2. The van der Waals surface area contributed by atoms with Crippen LogP contribution < -0.4 is 0 Å². The summed E-state index contributed by atoms with van der Waals surface area (Å²) in [7, 11) is 0. The van der Waals surface area contributed by atoms with Crippen LogP contribution in [0.5, 0.6) is 0 Å². The Morgan fingerprint density at radius 2 is 2.56 bits per heavy atom. The molecule has 0 fully saturated rings. The van der Waals surface area contributed by atoms with Gasteiger partial charge in [0.25, 0.3) is 0 Å². The Bertz CT molecular complexity index is 195. The molecule has 1 aromatic heterocycles. The smallest absolute Gasteiger partial charge is 0.359 e. The molecule has 0 aliphatic rings. The highest BCUT2D eigenvalue weighted by molar-refractivity contribution is 9.06. The minimum Gasteiger partial charge on any atom is -0.379 e. The second-order valence-electron chi connectivity index (χ2n) is 1.34. The zero-order valence-electron chi connectivity index (χ0n) is 4.33. The molecule has 0 amide bonds. The molecule has 1 rings (SSSR count). The fourth-order valence-electron chi connectivity index (χ4n) is 0.433. The number of hydrogen-bond acceptors (Lipinski definition) is 3. The summed E-state index contributed by atoms with van der Waals surface area (Å²) in [5.41, 5.74) is 0. The van der Waals surface area contributed by atoms with Crippen molar-refractivity contribution >= 4 is 33.6 Å². The van der Waals surface area contributed by atoms with Crippen LogP contribution in [0, 0.1) is 0 Å². The average Bonchev–Trinajstić information content (AvgIpc) is 2.37. The first-order chi connectivity index (χ1) is 4.34. The van der Waals surface area contributed by atoms with Crippen LogP contribution in [-0.2, 0) is 3.83 Å². The second kappa shape index (κ2) is 2.98. The van der Waals surface area contributed by atoms with Crippen molar-refractivity contribution in [2.24, 2.45) is 0 Å². The van der Waals surface area contributed by atoms with Gasteiger partial charge in [0.05, 0.1) is 0 Å². The van der Waals surface area contributed by atoms with E-state index in [9.17, 15) is 4.79 Å². The molecule has 2 nitrogen and oxygen atoms in total. The Balaban J connectivity index is 2.77. The number of carbonyl (C=O) groups is 1. The van der Waals surface area contributed by atoms with E-state index in [0.29, 0.717) is 4.88 Å². The van der Waals surface area contributed by atoms with Crippen LogP contribution in [0.4, 0.5) is 0 Å². The van der Waals surface area contributed by atoms with Gasteiger partial charge in [-0.15, -0.1) is 11.3 Å². The van der Waals surface area contributed by atoms with E-state index >= 15 is 0 Å². The van der Waals surface area contributed by atoms with E-state index < -0.39 is 0 Å². The van der Waals surface area contributed by atoms with Crippen molar-refractivity contribution in [3.8, 4) is 0 Å². The maximum absolute atomic E-state index is 10.6. The number of carbonyl (C=O) groups excluding carboxylic acids is 1. The molecular formula is C5H3BrO2S. The first-order valence-electron chi connectivity index (χ1n) is 2.21. The van der Waals surface area contributed by atoms with Gasteiger partial charge in [0.2, 0.25) is 0 Å². The van der Waals surface area contributed by atoms with Gasteiger partial charge < -0.3 is 3.83 Å². The van der Waals surface area contributed by atoms with Crippen LogP contribution in [0.2, 0.25) is 0 Å². The lowest BCUT2D eigenvalue weighted by Gasteiger charge is -1.86. The molecule has 0 aliphatic heterocycles. The summed E-state index contributed by atoms with van der Waals surface area (Å²) in [5.74, 6) is -0.343. The van der Waals surface area contributed by atoms with Crippen LogP contribution in [0.15, 0.2) is 17.5 Å². The maximum Gasteiger partial charge on any atom is 0.359 e. The van der Waals surface area contributed by atoms with Gasteiger partial charge in [-0.3, -0.25) is 0 Å². The number of thiophene rings is 1. The molecule has 0 aromatic carbocycles. The fraction of sp³-hybridized carbons (Fsp3) is 0. The van der Waals surface area contributed by atoms with Crippen molar-refractivity contribution in [1.29, 1.82) is 0 Å². The summed E-state index contributed by atoms with van der Waals surface area (Å²) in [6.45, 7) is 0. The highest BCUT2D eigenvalue weighted by atomic mass is 79.9. The van der Waals surface area contributed by atoms with Crippen LogP contribution >= 0.6 is 27.6 Å². The van der Waals surface area contributed by atoms with Crippen molar-refractivity contribution in [2.45, 2.75) is 0 Å². The summed E-state index contributed by atoms with van der Waals surface area (Å²) in [6, 6.07) is 3.50. The molecule has 1 aromatic rings. The van der Waals surface area contributed by atoms with Crippen LogP contribution in [0.1, 0.15) is 9.67 Å². The standard InChI is InChI=1S/C5H3BrO2S/c6-8-5(7)4-2-1-3-9-4/h1-3H. The second-order valence-corrected chi connectivity index (χ2v) is 2.61. The lowest BCUT2D eigenvalue weighted by molar-refractivity contribution is 0.0787. The van der Waals surface area contributed by atoms with Gasteiger partial charge in [0.15, 0.2) is 16.3 Å². The maximum atomic E-state index is 10.6. The van der Waals surface area contributed by atoms with Crippen LogP contribution in [0.3, 0.4) is 0 Å². The van der Waals surface area contributed by atoms with Crippen molar-refractivity contribution in [1.82, 2.24) is 0 Å². The first kappa shape index (κ1) is 6.77. The molecule has 1 heterocycles. The van der Waals surface area contributed by atoms with Gasteiger partial charge >= 0.3 is 5.97 Å². The van der Waals surface area contributed by atoms with E-state index in [2.05, 4.69) is 20.1 Å². The first-order valence-corrected chi connectivity index (χ1v) is 3.73. The van der Waals surface area contributed by atoms with Gasteiger partial charge in [-0.1, -0.05) is 6.07 Å². The molecule has 4 heteroatoms. The summed E-state index contributed by atoms with van der Waals surface area (Å²) in [5, 5.41) is 1.82. The normalized spacial score (nSPS) is 9.00. The van der Waals surface area contributed by atoms with Gasteiger partial charge in [-0.25, -0.2) is 4.79 Å². The molecule has 0 atom stereocenters. The lowest BCUT2D eigenvalue weighted by Crippen LogP contribution is -1.91. The third kappa shape index (κ3) is 1.53. The Labute approximate surface area is 64.9 Å². The fourth-order valence-corrected chi connectivity index (χ4v) is 1.31. The average molecular weight is 207 g/mol. The molecule has 0 saturated carbocycles. The molecule has 0 spiro atoms. The van der Waals surface area contributed by atoms with Gasteiger partial charge in [0, 0.05) is 0 Å². The van der Waals surface area contributed by atoms with Crippen LogP contribution in [0.25, 0.3) is 0 Å². The van der Waals surface area contributed by atoms with E-state index in [1.54, 1.807) is 12.1 Å². The Morgan fingerprint density at radius 3 is 3.00 bits per heavy atom. The van der Waals surface area contributed by atoms with Gasteiger partial charge in [0.1, 0.15) is 4.88 Å². The Morgan fingerprint density at radius 1 is 1.78 bits per heavy atom.